The van der Waals surface area contributed by atoms with Gasteiger partial charge in [-0.1, -0.05) is 49.9 Å². The summed E-state index contributed by atoms with van der Waals surface area (Å²) in [5, 5.41) is 3.14. The average Bonchev–Trinajstić information content (AvgIpc) is 2.83. The van der Waals surface area contributed by atoms with E-state index < -0.39 is 5.97 Å². The van der Waals surface area contributed by atoms with E-state index in [0.717, 1.165) is 25.2 Å². The summed E-state index contributed by atoms with van der Waals surface area (Å²) in [6.45, 7) is 2.42. The van der Waals surface area contributed by atoms with Crippen molar-refractivity contribution in [3.8, 4) is 0 Å². The summed E-state index contributed by atoms with van der Waals surface area (Å²) in [7, 11) is 0. The van der Waals surface area contributed by atoms with Crippen LogP contribution in [0, 0.1) is 11.8 Å². The number of ketones is 2. The van der Waals surface area contributed by atoms with E-state index in [-0.39, 0.29) is 40.0 Å². The molecule has 0 aliphatic heterocycles. The molecule has 0 spiro atoms. The van der Waals surface area contributed by atoms with Crippen LogP contribution in [0.2, 0.25) is 0 Å². The molecule has 2 aromatic carbocycles. The number of esters is 1. The number of carbonyl (C=O) groups excluding carboxylic acids is 3. The maximum Gasteiger partial charge on any atom is 0.340 e. The summed E-state index contributed by atoms with van der Waals surface area (Å²) in [5.41, 5.74) is 8.00. The summed E-state index contributed by atoms with van der Waals surface area (Å²) in [4.78, 5) is 39.9. The van der Waals surface area contributed by atoms with Crippen molar-refractivity contribution in [3.05, 3.63) is 58.1 Å². The minimum atomic E-state index is -0.521. The van der Waals surface area contributed by atoms with Crippen molar-refractivity contribution in [1.82, 2.24) is 0 Å². The molecule has 3 aliphatic rings. The molecule has 2 aromatic rings. The summed E-state index contributed by atoms with van der Waals surface area (Å²) in [6.07, 6.45) is 7.77. The summed E-state index contributed by atoms with van der Waals surface area (Å²) in [5.74, 6) is 0.256. The number of nitrogens with two attached hydrogens (primary N) is 1. The number of rotatable bonds is 4. The molecular weight excluding hydrogens is 416 g/mol. The van der Waals surface area contributed by atoms with Gasteiger partial charge in [-0.25, -0.2) is 4.79 Å². The minimum Gasteiger partial charge on any atom is -0.459 e. The van der Waals surface area contributed by atoms with Crippen LogP contribution in [0.15, 0.2) is 30.3 Å². The molecule has 2 fully saturated rings. The molecule has 172 valence electrons. The van der Waals surface area contributed by atoms with Gasteiger partial charge in [-0.2, -0.15) is 0 Å². The number of nitrogens with one attached hydrogen (secondary N) is 1. The number of hydrogen-bond acceptors (Lipinski definition) is 6. The average molecular weight is 447 g/mol. The number of nitrogen functional groups attached to an aromatic ring is 1. The van der Waals surface area contributed by atoms with Crippen molar-refractivity contribution in [3.63, 3.8) is 0 Å². The Hall–Kier alpha value is -3.15. The topological polar surface area (TPSA) is 98.5 Å². The second-order valence-corrected chi connectivity index (χ2v) is 9.51. The fraction of sp³-hybridized carbons (Fsp3) is 0.444. The molecule has 0 aromatic heterocycles. The summed E-state index contributed by atoms with van der Waals surface area (Å²) < 4.78 is 5.92. The molecule has 0 saturated heterocycles. The van der Waals surface area contributed by atoms with Crippen LogP contribution in [0.4, 0.5) is 11.4 Å². The number of hydrogen-bond donors (Lipinski definition) is 2. The first-order valence-electron chi connectivity index (χ1n) is 12.1. The van der Waals surface area contributed by atoms with Crippen LogP contribution in [-0.4, -0.2) is 30.2 Å². The second kappa shape index (κ2) is 8.65. The maximum absolute atomic E-state index is 13.3. The fourth-order valence-corrected chi connectivity index (χ4v) is 5.97. The van der Waals surface area contributed by atoms with Gasteiger partial charge in [0, 0.05) is 23.4 Å². The monoisotopic (exact) mass is 446 g/mol. The van der Waals surface area contributed by atoms with Gasteiger partial charge in [0.05, 0.1) is 22.4 Å². The van der Waals surface area contributed by atoms with Crippen molar-refractivity contribution in [2.75, 3.05) is 17.6 Å². The van der Waals surface area contributed by atoms with Crippen LogP contribution < -0.4 is 11.1 Å². The number of fused-ring (bicyclic) bond motifs is 3. The molecule has 6 heteroatoms. The van der Waals surface area contributed by atoms with Crippen molar-refractivity contribution in [1.29, 1.82) is 0 Å². The number of ether oxygens (including phenoxy) is 1. The van der Waals surface area contributed by atoms with Crippen LogP contribution >= 0.6 is 0 Å². The fourth-order valence-electron chi connectivity index (χ4n) is 5.97. The first-order chi connectivity index (χ1) is 16.0. The lowest BCUT2D eigenvalue weighted by Gasteiger charge is -2.38. The van der Waals surface area contributed by atoms with E-state index in [2.05, 4.69) is 5.32 Å². The first-order valence-corrected chi connectivity index (χ1v) is 12.1. The quantitative estimate of drug-likeness (QED) is 0.433. The molecule has 1 unspecified atom stereocenters. The van der Waals surface area contributed by atoms with E-state index in [1.807, 2.05) is 6.92 Å². The molecule has 0 heterocycles. The first kappa shape index (κ1) is 21.7. The molecular formula is C27H30N2O4. The molecule has 33 heavy (non-hydrogen) atoms. The lowest BCUT2D eigenvalue weighted by atomic mass is 9.70. The summed E-state index contributed by atoms with van der Waals surface area (Å²) >= 11 is 0. The van der Waals surface area contributed by atoms with Crippen molar-refractivity contribution in [2.45, 2.75) is 58.0 Å². The third kappa shape index (κ3) is 3.71. The summed E-state index contributed by atoms with van der Waals surface area (Å²) in [6, 6.07) is 8.30. The van der Waals surface area contributed by atoms with Gasteiger partial charge in [0.2, 0.25) is 0 Å². The van der Waals surface area contributed by atoms with Crippen LogP contribution in [-0.2, 0) is 4.74 Å². The van der Waals surface area contributed by atoms with E-state index in [1.165, 1.54) is 25.7 Å². The Balaban J connectivity index is 1.49. The van der Waals surface area contributed by atoms with Gasteiger partial charge in [0.25, 0.3) is 0 Å². The third-order valence-electron chi connectivity index (χ3n) is 7.59. The van der Waals surface area contributed by atoms with Gasteiger partial charge in [-0.05, 0) is 44.1 Å². The normalized spacial score (nSPS) is 23.8. The van der Waals surface area contributed by atoms with E-state index in [9.17, 15) is 14.4 Å². The van der Waals surface area contributed by atoms with Gasteiger partial charge in [0.1, 0.15) is 6.10 Å². The molecule has 3 N–H and O–H groups in total. The van der Waals surface area contributed by atoms with Crippen LogP contribution in [0.1, 0.15) is 94.1 Å². The van der Waals surface area contributed by atoms with Gasteiger partial charge < -0.3 is 15.8 Å². The molecule has 2 saturated carbocycles. The van der Waals surface area contributed by atoms with Gasteiger partial charge in [-0.3, -0.25) is 9.59 Å². The largest absolute Gasteiger partial charge is 0.459 e. The molecule has 0 bridgehead atoms. The van der Waals surface area contributed by atoms with Gasteiger partial charge in [-0.15, -0.1) is 0 Å². The highest BCUT2D eigenvalue weighted by Crippen LogP contribution is 2.42. The Morgan fingerprint density at radius 1 is 1.00 bits per heavy atom. The highest BCUT2D eigenvalue weighted by molar-refractivity contribution is 6.32. The van der Waals surface area contributed by atoms with Crippen LogP contribution in [0.25, 0.3) is 0 Å². The van der Waals surface area contributed by atoms with E-state index in [4.69, 9.17) is 10.5 Å². The standard InChI is InChI=1S/C27H30N2O4/c1-2-29-21-14-20(27(32)33-17-12-11-15-7-3-4-8-16(15)13-17)24(28)23-22(21)25(30)18-9-5-6-10-19(18)26(23)31/h5-6,9-10,14-17,29H,2-4,7-8,11-13,28H2,1H3/t15-,16?,17+/m0/s1. The number of carbonyl (C=O) groups is 3. The number of benzene rings is 2. The molecule has 3 atom stereocenters. The molecule has 0 amide bonds. The highest BCUT2D eigenvalue weighted by Gasteiger charge is 2.37. The Kier molecular flexibility index (Phi) is 5.69. The smallest absolute Gasteiger partial charge is 0.340 e. The molecule has 0 radical (unpaired) electrons. The third-order valence-corrected chi connectivity index (χ3v) is 7.59. The van der Waals surface area contributed by atoms with E-state index in [0.29, 0.717) is 29.3 Å². The van der Waals surface area contributed by atoms with Gasteiger partial charge in [0.15, 0.2) is 11.6 Å². The zero-order valence-electron chi connectivity index (χ0n) is 19.0. The SMILES string of the molecule is CCNc1cc(C(=O)O[C@@H]2CC[C@@H]3CCCCC3C2)c(N)c2c1C(=O)c1ccccc1C2=O. The lowest BCUT2D eigenvalue weighted by molar-refractivity contribution is -0.000833. The van der Waals surface area contributed by atoms with Gasteiger partial charge >= 0.3 is 5.97 Å². The lowest BCUT2D eigenvalue weighted by Crippen LogP contribution is -2.33. The van der Waals surface area contributed by atoms with Crippen molar-refractivity contribution < 1.29 is 19.1 Å². The van der Waals surface area contributed by atoms with Crippen molar-refractivity contribution in [2.24, 2.45) is 11.8 Å². The predicted octanol–water partition coefficient (Wildman–Crippen LogP) is 4.99. The van der Waals surface area contributed by atoms with Crippen LogP contribution in [0.5, 0.6) is 0 Å². The van der Waals surface area contributed by atoms with E-state index >= 15 is 0 Å². The minimum absolute atomic E-state index is 0.0239. The Bertz CT molecular complexity index is 1140. The molecule has 5 rings (SSSR count). The van der Waals surface area contributed by atoms with Crippen LogP contribution in [0.3, 0.4) is 0 Å². The number of anilines is 2. The van der Waals surface area contributed by atoms with Crippen molar-refractivity contribution >= 4 is 28.9 Å². The molecule has 6 nitrogen and oxygen atoms in total. The maximum atomic E-state index is 13.3. The van der Waals surface area contributed by atoms with E-state index in [1.54, 1.807) is 30.3 Å². The Labute approximate surface area is 193 Å². The highest BCUT2D eigenvalue weighted by atomic mass is 16.5. The zero-order valence-corrected chi connectivity index (χ0v) is 19.0. The Morgan fingerprint density at radius 2 is 1.67 bits per heavy atom. The zero-order chi connectivity index (χ0) is 23.1. The Morgan fingerprint density at radius 3 is 2.36 bits per heavy atom. The molecule has 3 aliphatic carbocycles. The predicted molar refractivity (Wildman–Crippen MR) is 127 cm³/mol. The second-order valence-electron chi connectivity index (χ2n) is 9.51.